The molecule has 0 bridgehead atoms. The van der Waals surface area contributed by atoms with Crippen LogP contribution < -0.4 is 5.73 Å². The van der Waals surface area contributed by atoms with Gasteiger partial charge in [0.05, 0.1) is 12.2 Å². The van der Waals surface area contributed by atoms with Gasteiger partial charge in [0.2, 0.25) is 5.91 Å². The van der Waals surface area contributed by atoms with Crippen LogP contribution in [-0.4, -0.2) is 50.0 Å². The number of aromatic amines is 1. The largest absolute Gasteiger partial charge is 0.369 e. The number of aryl methyl sites for hydroxylation is 2. The molecule has 1 amide bonds. The third-order valence-corrected chi connectivity index (χ3v) is 9.67. The summed E-state index contributed by atoms with van der Waals surface area (Å²) in [7, 11) is 0. The Morgan fingerprint density at radius 3 is 2.71 bits per heavy atom. The van der Waals surface area contributed by atoms with Gasteiger partial charge in [0.1, 0.15) is 11.2 Å². The van der Waals surface area contributed by atoms with E-state index in [0.717, 1.165) is 24.3 Å². The van der Waals surface area contributed by atoms with Gasteiger partial charge in [0, 0.05) is 35.1 Å². The Balaban J connectivity index is 1.30. The summed E-state index contributed by atoms with van der Waals surface area (Å²) in [6.45, 7) is 11.5. The number of hydrogen-bond donors (Lipinski definition) is 2. The number of primary amides is 1. The van der Waals surface area contributed by atoms with Gasteiger partial charge in [0.15, 0.2) is 5.65 Å². The number of hydrogen-bond acceptors (Lipinski definition) is 5. The van der Waals surface area contributed by atoms with Crippen LogP contribution in [-0.2, 0) is 4.79 Å². The molecule has 1 aliphatic heterocycles. The molecule has 3 N–H and O–H groups in total. The van der Waals surface area contributed by atoms with Crippen molar-refractivity contribution in [3.05, 3.63) is 40.2 Å². The summed E-state index contributed by atoms with van der Waals surface area (Å²) in [5.74, 6) is 0.829. The molecule has 35 heavy (non-hydrogen) atoms. The molecule has 0 atom stereocenters. The first kappa shape index (κ1) is 22.7. The number of aromatic nitrogens is 4. The second-order valence-corrected chi connectivity index (χ2v) is 12.2. The Kier molecular flexibility index (Phi) is 5.30. The van der Waals surface area contributed by atoms with E-state index in [1.165, 1.54) is 58.3 Å². The molecule has 184 valence electrons. The average Bonchev–Trinajstić information content (AvgIpc) is 3.48. The number of carbonyl (C=O) groups excluding carboxylic acids is 1. The maximum absolute atomic E-state index is 11.2. The van der Waals surface area contributed by atoms with Crippen LogP contribution in [0.15, 0.2) is 18.6 Å². The topological polar surface area (TPSA) is 92.3 Å². The molecule has 4 aromatic heterocycles. The van der Waals surface area contributed by atoms with Crippen molar-refractivity contribution in [1.29, 1.82) is 0 Å². The summed E-state index contributed by atoms with van der Waals surface area (Å²) >= 11 is 1.96. The molecule has 0 radical (unpaired) electrons. The molecule has 4 aromatic rings. The fourth-order valence-corrected chi connectivity index (χ4v) is 8.11. The van der Waals surface area contributed by atoms with Crippen LogP contribution in [0.25, 0.3) is 27.1 Å². The molecule has 1 saturated carbocycles. The fourth-order valence-electron chi connectivity index (χ4n) is 6.72. The minimum Gasteiger partial charge on any atom is -0.369 e. The zero-order chi connectivity index (χ0) is 24.5. The molecule has 1 spiro atoms. The minimum atomic E-state index is -0.213. The predicted octanol–water partition coefficient (Wildman–Crippen LogP) is 5.12. The quantitative estimate of drug-likeness (QED) is 0.406. The first-order chi connectivity index (χ1) is 16.7. The lowest BCUT2D eigenvalue weighted by Crippen LogP contribution is -2.59. The Hall–Kier alpha value is -2.71. The van der Waals surface area contributed by atoms with E-state index < -0.39 is 0 Å². The number of H-pyrrole nitrogens is 1. The van der Waals surface area contributed by atoms with Crippen molar-refractivity contribution in [2.24, 2.45) is 11.1 Å². The molecule has 2 fully saturated rings. The maximum Gasteiger partial charge on any atom is 0.231 e. The van der Waals surface area contributed by atoms with Crippen molar-refractivity contribution in [3.8, 4) is 11.3 Å². The number of thiophene rings is 1. The van der Waals surface area contributed by atoms with Crippen LogP contribution in [0.5, 0.6) is 0 Å². The van der Waals surface area contributed by atoms with Crippen LogP contribution in [0.1, 0.15) is 72.9 Å². The number of likely N-dealkylation sites (tertiary alicyclic amines) is 1. The lowest BCUT2D eigenvalue weighted by atomic mass is 9.65. The van der Waals surface area contributed by atoms with Crippen molar-refractivity contribution in [1.82, 2.24) is 24.5 Å². The first-order valence-electron chi connectivity index (χ1n) is 12.7. The van der Waals surface area contributed by atoms with E-state index in [2.05, 4.69) is 59.9 Å². The number of rotatable bonds is 5. The van der Waals surface area contributed by atoms with Crippen molar-refractivity contribution in [2.75, 3.05) is 19.6 Å². The normalized spacial score (nSPS) is 18.8. The van der Waals surface area contributed by atoms with E-state index in [4.69, 9.17) is 5.73 Å². The van der Waals surface area contributed by atoms with Crippen LogP contribution in [0.4, 0.5) is 0 Å². The van der Waals surface area contributed by atoms with E-state index in [0.29, 0.717) is 23.8 Å². The Labute approximate surface area is 209 Å². The van der Waals surface area contributed by atoms with E-state index in [-0.39, 0.29) is 5.91 Å². The monoisotopic (exact) mass is 490 g/mol. The summed E-state index contributed by atoms with van der Waals surface area (Å²) < 4.78 is 1.88. The van der Waals surface area contributed by atoms with Gasteiger partial charge in [-0.1, -0.05) is 13.8 Å². The molecule has 0 unspecified atom stereocenters. The van der Waals surface area contributed by atoms with Gasteiger partial charge in [-0.2, -0.15) is 5.10 Å². The Bertz CT molecular complexity index is 1430. The van der Waals surface area contributed by atoms with Crippen molar-refractivity contribution < 1.29 is 4.79 Å². The third-order valence-electron chi connectivity index (χ3n) is 8.30. The maximum atomic E-state index is 11.2. The summed E-state index contributed by atoms with van der Waals surface area (Å²) in [6, 6.07) is 2.22. The smallest absolute Gasteiger partial charge is 0.231 e. The fraction of sp³-hybridized carbons (Fsp3) is 0.519. The van der Waals surface area contributed by atoms with E-state index in [1.54, 1.807) is 11.2 Å². The molecule has 7 nitrogen and oxygen atoms in total. The molecule has 6 rings (SSSR count). The highest BCUT2D eigenvalue weighted by Crippen LogP contribution is 2.52. The van der Waals surface area contributed by atoms with Crippen LogP contribution in [0.3, 0.4) is 0 Å². The highest BCUT2D eigenvalue weighted by molar-refractivity contribution is 7.19. The summed E-state index contributed by atoms with van der Waals surface area (Å²) in [4.78, 5) is 24.5. The van der Waals surface area contributed by atoms with Gasteiger partial charge in [-0.15, -0.1) is 11.3 Å². The zero-order valence-electron chi connectivity index (χ0n) is 21.0. The number of carbonyl (C=O) groups is 1. The van der Waals surface area contributed by atoms with Gasteiger partial charge < -0.3 is 10.7 Å². The van der Waals surface area contributed by atoms with Crippen molar-refractivity contribution >= 4 is 33.1 Å². The second-order valence-electron chi connectivity index (χ2n) is 11.2. The minimum absolute atomic E-state index is 0.213. The van der Waals surface area contributed by atoms with Gasteiger partial charge in [-0.25, -0.2) is 9.50 Å². The summed E-state index contributed by atoms with van der Waals surface area (Å²) in [5.41, 5.74) is 13.1. The molecule has 2 aliphatic rings. The number of pyridine rings is 1. The molecule has 1 saturated heterocycles. The number of nitrogens with one attached hydrogen (secondary N) is 1. The van der Waals surface area contributed by atoms with Crippen LogP contribution in [0, 0.1) is 19.3 Å². The van der Waals surface area contributed by atoms with Gasteiger partial charge in [-0.05, 0) is 79.5 Å². The average molecular weight is 491 g/mol. The Morgan fingerprint density at radius 1 is 1.29 bits per heavy atom. The van der Waals surface area contributed by atoms with E-state index in [9.17, 15) is 4.79 Å². The van der Waals surface area contributed by atoms with Gasteiger partial charge in [-0.3, -0.25) is 9.69 Å². The van der Waals surface area contributed by atoms with Crippen LogP contribution in [0.2, 0.25) is 0 Å². The summed E-state index contributed by atoms with van der Waals surface area (Å²) in [6.07, 6.45) is 8.68. The van der Waals surface area contributed by atoms with Gasteiger partial charge >= 0.3 is 0 Å². The summed E-state index contributed by atoms with van der Waals surface area (Å²) in [5, 5.41) is 5.80. The molecule has 1 aliphatic carbocycles. The standard InChI is InChI=1S/C27H34N6OS/c1-15(2)21-22-17(4)24(18-5-7-27(8-6-18)12-32(13-27)11-20(28)34)35-26(22)31-23(21)19-9-16(3)25-29-14-30-33(25)10-19/h9-10,14-15,18,31H,5-8,11-13H2,1-4H3,(H2,28,34). The molecular weight excluding hydrogens is 456 g/mol. The van der Waals surface area contributed by atoms with Gasteiger partial charge in [0.25, 0.3) is 0 Å². The second kappa shape index (κ2) is 8.17. The van der Waals surface area contributed by atoms with E-state index in [1.807, 2.05) is 15.9 Å². The van der Waals surface area contributed by atoms with E-state index >= 15 is 0 Å². The highest BCUT2D eigenvalue weighted by Gasteiger charge is 2.45. The lowest BCUT2D eigenvalue weighted by Gasteiger charge is -2.53. The lowest BCUT2D eigenvalue weighted by molar-refractivity contribution is -0.123. The van der Waals surface area contributed by atoms with Crippen molar-refractivity contribution in [3.63, 3.8) is 0 Å². The Morgan fingerprint density at radius 2 is 2.03 bits per heavy atom. The first-order valence-corrected chi connectivity index (χ1v) is 13.5. The molecule has 0 aromatic carbocycles. The number of nitrogens with zero attached hydrogens (tertiary/aromatic N) is 4. The van der Waals surface area contributed by atoms with Crippen molar-refractivity contribution in [2.45, 2.75) is 65.2 Å². The third kappa shape index (κ3) is 3.69. The SMILES string of the molecule is Cc1c(C2CCC3(CC2)CN(CC(N)=O)C3)sc2[nH]c(-c3cc(C)c4ncnn4c3)c(C(C)C)c12. The number of amides is 1. The van der Waals surface area contributed by atoms with Crippen LogP contribution >= 0.6 is 11.3 Å². The molecular formula is C27H34N6OS. The molecule has 8 heteroatoms. The zero-order valence-corrected chi connectivity index (χ0v) is 21.8. The number of nitrogens with two attached hydrogens (primary N) is 1. The predicted molar refractivity (Wildman–Crippen MR) is 141 cm³/mol. The number of fused-ring (bicyclic) bond motifs is 2. The highest BCUT2D eigenvalue weighted by atomic mass is 32.1. The molecule has 5 heterocycles.